The van der Waals surface area contributed by atoms with Gasteiger partial charge in [-0.1, -0.05) is 12.1 Å². The summed E-state index contributed by atoms with van der Waals surface area (Å²) in [6, 6.07) is 10.4. The molecule has 1 aromatic rings. The first kappa shape index (κ1) is 12.3. The summed E-state index contributed by atoms with van der Waals surface area (Å²) in [7, 11) is 1.66. The van der Waals surface area contributed by atoms with Crippen LogP contribution in [0.3, 0.4) is 0 Å². The number of ether oxygens (including phenoxy) is 1. The summed E-state index contributed by atoms with van der Waals surface area (Å²) in [5.41, 5.74) is 0.480. The minimum atomic E-state index is -0.443. The molecule has 1 aromatic carbocycles. The van der Waals surface area contributed by atoms with Gasteiger partial charge in [0, 0.05) is 19.0 Å². The highest BCUT2D eigenvalue weighted by Gasteiger charge is 2.46. The number of benzene rings is 1. The maximum Gasteiger partial charge on any atom is 0.141 e. The van der Waals surface area contributed by atoms with Crippen LogP contribution in [0.1, 0.15) is 12.8 Å². The van der Waals surface area contributed by atoms with E-state index in [1.807, 2.05) is 24.3 Å². The molecule has 3 atom stereocenters. The summed E-state index contributed by atoms with van der Waals surface area (Å²) in [4.78, 5) is 2.45. The standard InChI is InChI=1S/C15H19N3O/c1-19-14-5-3-2-4-13(14)17-15(11-16)7-9-18-8-6-12(15)10-18/h2-5,12,17H,6-10H2,1H3. The fourth-order valence-corrected chi connectivity index (χ4v) is 3.30. The molecule has 0 aromatic heterocycles. The quantitative estimate of drug-likeness (QED) is 0.901. The summed E-state index contributed by atoms with van der Waals surface area (Å²) in [6.07, 6.45) is 1.99. The van der Waals surface area contributed by atoms with E-state index in [9.17, 15) is 5.26 Å². The van der Waals surface area contributed by atoms with Crippen molar-refractivity contribution in [2.24, 2.45) is 5.92 Å². The van der Waals surface area contributed by atoms with Gasteiger partial charge >= 0.3 is 0 Å². The number of nitrogens with one attached hydrogen (secondary N) is 1. The van der Waals surface area contributed by atoms with Crippen molar-refractivity contribution in [1.82, 2.24) is 4.90 Å². The number of para-hydroxylation sites is 2. The molecule has 4 heteroatoms. The lowest BCUT2D eigenvalue weighted by Crippen LogP contribution is -2.50. The normalized spacial score (nSPS) is 32.6. The first-order valence-electron chi connectivity index (χ1n) is 6.82. The van der Waals surface area contributed by atoms with Gasteiger partial charge in [-0.15, -0.1) is 0 Å². The molecule has 2 fully saturated rings. The second-order valence-electron chi connectivity index (χ2n) is 5.44. The molecule has 3 rings (SSSR count). The Hall–Kier alpha value is -1.73. The monoisotopic (exact) mass is 257 g/mol. The fraction of sp³-hybridized carbons (Fsp3) is 0.533. The summed E-state index contributed by atoms with van der Waals surface area (Å²) < 4.78 is 5.37. The predicted octanol–water partition coefficient (Wildman–Crippen LogP) is 2.10. The first-order valence-corrected chi connectivity index (χ1v) is 6.82. The van der Waals surface area contributed by atoms with E-state index in [2.05, 4.69) is 16.3 Å². The van der Waals surface area contributed by atoms with Crippen LogP contribution in [-0.2, 0) is 0 Å². The van der Waals surface area contributed by atoms with Gasteiger partial charge in [-0.3, -0.25) is 0 Å². The molecule has 0 amide bonds. The van der Waals surface area contributed by atoms with Crippen LogP contribution < -0.4 is 10.1 Å². The van der Waals surface area contributed by atoms with Crippen molar-refractivity contribution in [3.8, 4) is 11.8 Å². The number of nitrogens with zero attached hydrogens (tertiary/aromatic N) is 2. The van der Waals surface area contributed by atoms with Crippen LogP contribution in [0.2, 0.25) is 0 Å². The van der Waals surface area contributed by atoms with Gasteiger partial charge in [0.2, 0.25) is 0 Å². The highest BCUT2D eigenvalue weighted by atomic mass is 16.5. The smallest absolute Gasteiger partial charge is 0.141 e. The van der Waals surface area contributed by atoms with Gasteiger partial charge in [0.1, 0.15) is 11.3 Å². The molecule has 2 heterocycles. The van der Waals surface area contributed by atoms with E-state index in [1.54, 1.807) is 7.11 Å². The minimum absolute atomic E-state index is 0.413. The Morgan fingerprint density at radius 2 is 2.26 bits per heavy atom. The third kappa shape index (κ3) is 2.04. The third-order valence-corrected chi connectivity index (χ3v) is 4.46. The summed E-state index contributed by atoms with van der Waals surface area (Å²) in [5, 5.41) is 13.2. The van der Waals surface area contributed by atoms with Crippen molar-refractivity contribution in [3.63, 3.8) is 0 Å². The van der Waals surface area contributed by atoms with E-state index in [0.717, 1.165) is 43.9 Å². The fourth-order valence-electron chi connectivity index (χ4n) is 3.30. The van der Waals surface area contributed by atoms with Crippen LogP contribution in [0.5, 0.6) is 5.75 Å². The molecule has 0 radical (unpaired) electrons. The van der Waals surface area contributed by atoms with Crippen LogP contribution in [-0.4, -0.2) is 37.2 Å². The predicted molar refractivity (Wildman–Crippen MR) is 74.1 cm³/mol. The van der Waals surface area contributed by atoms with Crippen molar-refractivity contribution in [2.45, 2.75) is 18.4 Å². The molecule has 2 aliphatic heterocycles. The maximum atomic E-state index is 9.71. The molecule has 4 nitrogen and oxygen atoms in total. The van der Waals surface area contributed by atoms with Gasteiger partial charge < -0.3 is 15.0 Å². The van der Waals surface area contributed by atoms with Gasteiger partial charge in [0.05, 0.1) is 18.9 Å². The van der Waals surface area contributed by atoms with E-state index >= 15 is 0 Å². The largest absolute Gasteiger partial charge is 0.495 e. The number of hydrogen-bond donors (Lipinski definition) is 1. The molecule has 2 saturated heterocycles. The molecule has 2 aliphatic rings. The van der Waals surface area contributed by atoms with Gasteiger partial charge in [0.15, 0.2) is 0 Å². The number of hydrogen-bond acceptors (Lipinski definition) is 4. The SMILES string of the molecule is COc1ccccc1NC1(C#N)CCN2CCC1C2. The average Bonchev–Trinajstić information content (AvgIpc) is 2.87. The molecule has 1 N–H and O–H groups in total. The maximum absolute atomic E-state index is 9.71. The summed E-state index contributed by atoms with van der Waals surface area (Å²) in [6.45, 7) is 3.17. The van der Waals surface area contributed by atoms with E-state index in [1.165, 1.54) is 0 Å². The van der Waals surface area contributed by atoms with E-state index < -0.39 is 5.54 Å². The Kier molecular flexibility index (Phi) is 3.08. The zero-order chi connectivity index (χ0) is 13.3. The van der Waals surface area contributed by atoms with Gasteiger partial charge in [-0.2, -0.15) is 5.26 Å². The van der Waals surface area contributed by atoms with Crippen LogP contribution in [0, 0.1) is 17.2 Å². The molecule has 0 aliphatic carbocycles. The number of methoxy groups -OCH3 is 1. The van der Waals surface area contributed by atoms with Gasteiger partial charge in [0.25, 0.3) is 0 Å². The van der Waals surface area contributed by atoms with Crippen molar-refractivity contribution < 1.29 is 4.74 Å². The molecular weight excluding hydrogens is 238 g/mol. The summed E-state index contributed by atoms with van der Waals surface area (Å²) in [5.74, 6) is 1.22. The molecule has 100 valence electrons. The highest BCUT2D eigenvalue weighted by molar-refractivity contribution is 5.59. The minimum Gasteiger partial charge on any atom is -0.495 e. The molecule has 2 bridgehead atoms. The summed E-state index contributed by atoms with van der Waals surface area (Å²) >= 11 is 0. The van der Waals surface area contributed by atoms with Crippen molar-refractivity contribution in [1.29, 1.82) is 5.26 Å². The number of nitriles is 1. The lowest BCUT2D eigenvalue weighted by molar-refractivity contribution is 0.221. The Balaban J connectivity index is 1.89. The second-order valence-corrected chi connectivity index (χ2v) is 5.44. The van der Waals surface area contributed by atoms with Crippen LogP contribution in [0.15, 0.2) is 24.3 Å². The van der Waals surface area contributed by atoms with Crippen molar-refractivity contribution in [3.05, 3.63) is 24.3 Å². The highest BCUT2D eigenvalue weighted by Crippen LogP contribution is 2.39. The van der Waals surface area contributed by atoms with E-state index in [-0.39, 0.29) is 0 Å². The average molecular weight is 257 g/mol. The molecule has 0 saturated carbocycles. The number of anilines is 1. The molecule has 3 unspecified atom stereocenters. The Morgan fingerprint density at radius 3 is 3.05 bits per heavy atom. The third-order valence-electron chi connectivity index (χ3n) is 4.46. The molecule has 0 spiro atoms. The number of rotatable bonds is 3. The topological polar surface area (TPSA) is 48.3 Å². The Bertz CT molecular complexity index is 510. The molecular formula is C15H19N3O. The van der Waals surface area contributed by atoms with Gasteiger partial charge in [-0.25, -0.2) is 0 Å². The zero-order valence-electron chi connectivity index (χ0n) is 11.2. The van der Waals surface area contributed by atoms with E-state index in [4.69, 9.17) is 4.74 Å². The second kappa shape index (κ2) is 4.75. The lowest BCUT2D eigenvalue weighted by Gasteiger charge is -2.39. The Morgan fingerprint density at radius 1 is 1.42 bits per heavy atom. The number of piperidine rings is 1. The molecule has 19 heavy (non-hydrogen) atoms. The van der Waals surface area contributed by atoms with E-state index in [0.29, 0.717) is 5.92 Å². The van der Waals surface area contributed by atoms with Gasteiger partial charge in [-0.05, 0) is 31.5 Å². The van der Waals surface area contributed by atoms with Crippen LogP contribution >= 0.6 is 0 Å². The van der Waals surface area contributed by atoms with Crippen molar-refractivity contribution in [2.75, 3.05) is 32.1 Å². The van der Waals surface area contributed by atoms with Crippen LogP contribution in [0.4, 0.5) is 5.69 Å². The number of fused-ring (bicyclic) bond motifs is 2. The first-order chi connectivity index (χ1) is 9.27. The van der Waals surface area contributed by atoms with Crippen molar-refractivity contribution >= 4 is 5.69 Å². The zero-order valence-corrected chi connectivity index (χ0v) is 11.2. The van der Waals surface area contributed by atoms with Crippen LogP contribution in [0.25, 0.3) is 0 Å². The lowest BCUT2D eigenvalue weighted by atomic mass is 9.79. The Labute approximate surface area is 114 Å².